The van der Waals surface area contributed by atoms with E-state index in [4.69, 9.17) is 0 Å². The highest BCUT2D eigenvalue weighted by atomic mass is 32.2. The molecule has 1 heterocycles. The summed E-state index contributed by atoms with van der Waals surface area (Å²) in [6.45, 7) is 0.249. The second-order valence-electron chi connectivity index (χ2n) is 5.38. The first-order valence-electron chi connectivity index (χ1n) is 7.09. The van der Waals surface area contributed by atoms with Crippen molar-refractivity contribution in [2.24, 2.45) is 0 Å². The number of aromatic nitrogens is 1. The zero-order valence-electron chi connectivity index (χ0n) is 12.2. The van der Waals surface area contributed by atoms with Gasteiger partial charge in [0.15, 0.2) is 0 Å². The fraction of sp³-hybridized carbons (Fsp3) is 0.571. The minimum Gasteiger partial charge on any atom is -0.351 e. The van der Waals surface area contributed by atoms with Gasteiger partial charge in [-0.25, -0.2) is 8.42 Å². The van der Waals surface area contributed by atoms with Crippen LogP contribution in [0.4, 0.5) is 0 Å². The van der Waals surface area contributed by atoms with E-state index in [2.05, 4.69) is 10.3 Å². The summed E-state index contributed by atoms with van der Waals surface area (Å²) in [5.41, 5.74) is 0.887. The van der Waals surface area contributed by atoms with Gasteiger partial charge >= 0.3 is 0 Å². The van der Waals surface area contributed by atoms with Gasteiger partial charge in [0.2, 0.25) is 15.9 Å². The quantitative estimate of drug-likeness (QED) is 0.846. The van der Waals surface area contributed by atoms with Crippen LogP contribution in [0.5, 0.6) is 0 Å². The highest BCUT2D eigenvalue weighted by molar-refractivity contribution is 7.88. The SMILES string of the molecule is CS(=O)(=O)N(CC(=O)NCc1cccnc1)C1CCCC1. The van der Waals surface area contributed by atoms with Gasteiger partial charge in [-0.2, -0.15) is 4.31 Å². The number of hydrogen-bond donors (Lipinski definition) is 1. The summed E-state index contributed by atoms with van der Waals surface area (Å²) in [5, 5.41) is 2.74. The Hall–Kier alpha value is -1.47. The second-order valence-corrected chi connectivity index (χ2v) is 7.32. The molecule has 21 heavy (non-hydrogen) atoms. The first-order valence-corrected chi connectivity index (χ1v) is 8.94. The molecule has 1 fully saturated rings. The van der Waals surface area contributed by atoms with E-state index in [0.717, 1.165) is 31.2 Å². The molecule has 1 saturated carbocycles. The Morgan fingerprint density at radius 1 is 1.43 bits per heavy atom. The van der Waals surface area contributed by atoms with Gasteiger partial charge in [-0.3, -0.25) is 9.78 Å². The van der Waals surface area contributed by atoms with E-state index < -0.39 is 10.0 Å². The van der Waals surface area contributed by atoms with Crippen LogP contribution in [0, 0.1) is 0 Å². The Morgan fingerprint density at radius 3 is 2.71 bits per heavy atom. The normalized spacial score (nSPS) is 16.3. The molecule has 116 valence electrons. The molecule has 0 spiro atoms. The number of hydrogen-bond acceptors (Lipinski definition) is 4. The average Bonchev–Trinajstić information content (AvgIpc) is 2.96. The molecular formula is C14H21N3O3S. The molecule has 0 saturated heterocycles. The van der Waals surface area contributed by atoms with Crippen molar-refractivity contribution in [1.82, 2.24) is 14.6 Å². The van der Waals surface area contributed by atoms with Gasteiger partial charge in [-0.15, -0.1) is 0 Å². The fourth-order valence-corrected chi connectivity index (χ4v) is 3.71. The lowest BCUT2D eigenvalue weighted by molar-refractivity contribution is -0.121. The van der Waals surface area contributed by atoms with Crippen LogP contribution in [-0.4, -0.2) is 42.5 Å². The zero-order valence-corrected chi connectivity index (χ0v) is 13.0. The number of sulfonamides is 1. The molecule has 1 aliphatic rings. The smallest absolute Gasteiger partial charge is 0.235 e. The van der Waals surface area contributed by atoms with E-state index >= 15 is 0 Å². The Balaban J connectivity index is 1.92. The Morgan fingerprint density at radius 2 is 2.14 bits per heavy atom. The molecule has 1 aromatic rings. The summed E-state index contributed by atoms with van der Waals surface area (Å²) in [7, 11) is -3.37. The van der Waals surface area contributed by atoms with Crippen molar-refractivity contribution in [2.45, 2.75) is 38.3 Å². The molecule has 1 aromatic heterocycles. The summed E-state index contributed by atoms with van der Waals surface area (Å²) in [5.74, 6) is -0.281. The lowest BCUT2D eigenvalue weighted by Gasteiger charge is -2.25. The predicted octanol–water partition coefficient (Wildman–Crippen LogP) is 0.902. The highest BCUT2D eigenvalue weighted by Crippen LogP contribution is 2.24. The Bertz CT molecular complexity index is 568. The van der Waals surface area contributed by atoms with Gasteiger partial charge in [0.25, 0.3) is 0 Å². The third-order valence-electron chi connectivity index (χ3n) is 3.67. The topological polar surface area (TPSA) is 79.4 Å². The number of rotatable bonds is 6. The van der Waals surface area contributed by atoms with Crippen molar-refractivity contribution in [3.8, 4) is 0 Å². The van der Waals surface area contributed by atoms with E-state index in [1.165, 1.54) is 10.6 Å². The van der Waals surface area contributed by atoms with Gasteiger partial charge in [0.05, 0.1) is 12.8 Å². The minimum atomic E-state index is -3.37. The van der Waals surface area contributed by atoms with Crippen LogP contribution in [0.25, 0.3) is 0 Å². The van der Waals surface area contributed by atoms with Gasteiger partial charge in [0.1, 0.15) is 0 Å². The summed E-state index contributed by atoms with van der Waals surface area (Å²) in [4.78, 5) is 16.0. The lowest BCUT2D eigenvalue weighted by atomic mass is 10.2. The number of carbonyl (C=O) groups excluding carboxylic acids is 1. The summed E-state index contributed by atoms with van der Waals surface area (Å²) >= 11 is 0. The third-order valence-corrected chi connectivity index (χ3v) is 4.95. The van der Waals surface area contributed by atoms with Crippen molar-refractivity contribution in [2.75, 3.05) is 12.8 Å². The van der Waals surface area contributed by atoms with Gasteiger partial charge in [-0.1, -0.05) is 18.9 Å². The number of carbonyl (C=O) groups is 1. The maximum Gasteiger partial charge on any atom is 0.235 e. The average molecular weight is 311 g/mol. The van der Waals surface area contributed by atoms with E-state index in [0.29, 0.717) is 6.54 Å². The molecule has 1 amide bonds. The van der Waals surface area contributed by atoms with Crippen LogP contribution in [0.2, 0.25) is 0 Å². The fourth-order valence-electron chi connectivity index (χ4n) is 2.61. The Labute approximate surface area is 125 Å². The maximum absolute atomic E-state index is 12.0. The van der Waals surface area contributed by atoms with Crippen LogP contribution in [0.1, 0.15) is 31.2 Å². The molecule has 0 aromatic carbocycles. The second kappa shape index (κ2) is 7.00. The molecule has 1 aliphatic carbocycles. The van der Waals surface area contributed by atoms with Crippen LogP contribution in [0.15, 0.2) is 24.5 Å². The van der Waals surface area contributed by atoms with E-state index in [-0.39, 0.29) is 18.5 Å². The first-order chi connectivity index (χ1) is 9.97. The summed E-state index contributed by atoms with van der Waals surface area (Å²) in [6.07, 6.45) is 8.22. The predicted molar refractivity (Wildman–Crippen MR) is 79.9 cm³/mol. The number of pyridine rings is 1. The van der Waals surface area contributed by atoms with Crippen LogP contribution in [-0.2, 0) is 21.4 Å². The number of amides is 1. The third kappa shape index (κ3) is 4.78. The molecule has 0 aliphatic heterocycles. The van der Waals surface area contributed by atoms with Crippen molar-refractivity contribution < 1.29 is 13.2 Å². The van der Waals surface area contributed by atoms with Gasteiger partial charge in [0, 0.05) is 25.0 Å². The molecule has 0 radical (unpaired) electrons. The molecule has 0 bridgehead atoms. The van der Waals surface area contributed by atoms with Crippen molar-refractivity contribution in [1.29, 1.82) is 0 Å². The lowest BCUT2D eigenvalue weighted by Crippen LogP contribution is -2.44. The van der Waals surface area contributed by atoms with E-state index in [1.807, 2.05) is 6.07 Å². The van der Waals surface area contributed by atoms with E-state index in [9.17, 15) is 13.2 Å². The van der Waals surface area contributed by atoms with Crippen molar-refractivity contribution in [3.63, 3.8) is 0 Å². The number of nitrogens with one attached hydrogen (secondary N) is 1. The molecule has 6 nitrogen and oxygen atoms in total. The Kier molecular flexibility index (Phi) is 5.30. The molecule has 1 N–H and O–H groups in total. The van der Waals surface area contributed by atoms with Crippen LogP contribution < -0.4 is 5.32 Å². The van der Waals surface area contributed by atoms with E-state index in [1.54, 1.807) is 18.5 Å². The molecule has 0 atom stereocenters. The first kappa shape index (κ1) is 15.9. The standard InChI is InChI=1S/C14H21N3O3S/c1-21(19,20)17(13-6-2-3-7-13)11-14(18)16-10-12-5-4-8-15-9-12/h4-5,8-9,13H,2-3,6-7,10-11H2,1H3,(H,16,18). The maximum atomic E-state index is 12.0. The molecule has 7 heteroatoms. The molecule has 2 rings (SSSR count). The molecule has 0 unspecified atom stereocenters. The van der Waals surface area contributed by atoms with Gasteiger partial charge in [-0.05, 0) is 24.5 Å². The zero-order chi connectivity index (χ0) is 15.3. The summed E-state index contributed by atoms with van der Waals surface area (Å²) < 4.78 is 25.1. The minimum absolute atomic E-state index is 0.0378. The van der Waals surface area contributed by atoms with Crippen molar-refractivity contribution in [3.05, 3.63) is 30.1 Å². The highest BCUT2D eigenvalue weighted by Gasteiger charge is 2.30. The monoisotopic (exact) mass is 311 g/mol. The number of nitrogens with zero attached hydrogens (tertiary/aromatic N) is 2. The molecular weight excluding hydrogens is 290 g/mol. The van der Waals surface area contributed by atoms with Gasteiger partial charge < -0.3 is 5.32 Å². The largest absolute Gasteiger partial charge is 0.351 e. The van der Waals surface area contributed by atoms with Crippen LogP contribution >= 0.6 is 0 Å². The van der Waals surface area contributed by atoms with Crippen LogP contribution in [0.3, 0.4) is 0 Å². The van der Waals surface area contributed by atoms with Crippen molar-refractivity contribution >= 4 is 15.9 Å². The summed E-state index contributed by atoms with van der Waals surface area (Å²) in [6, 6.07) is 3.62.